The first kappa shape index (κ1) is 18.7. The fourth-order valence-corrected chi connectivity index (χ4v) is 4.52. The van der Waals surface area contributed by atoms with Crippen molar-refractivity contribution in [2.45, 2.75) is 26.8 Å². The van der Waals surface area contributed by atoms with Crippen molar-refractivity contribution in [1.82, 2.24) is 9.88 Å². The Bertz CT molecular complexity index is 1030. The van der Waals surface area contributed by atoms with Gasteiger partial charge in [0.05, 0.1) is 18.0 Å². The number of rotatable bonds is 5. The van der Waals surface area contributed by atoms with Crippen LogP contribution in [0.3, 0.4) is 0 Å². The average Bonchev–Trinajstić information content (AvgIpc) is 3.03. The van der Waals surface area contributed by atoms with Crippen molar-refractivity contribution in [3.63, 3.8) is 0 Å². The molecule has 1 aliphatic rings. The lowest BCUT2D eigenvalue weighted by Crippen LogP contribution is -2.30. The molecule has 4 rings (SSSR count). The maximum Gasteiger partial charge on any atom is 0.268 e. The van der Waals surface area contributed by atoms with E-state index in [1.165, 1.54) is 16.9 Å². The van der Waals surface area contributed by atoms with Crippen LogP contribution in [0.5, 0.6) is 5.75 Å². The van der Waals surface area contributed by atoms with Gasteiger partial charge in [-0.1, -0.05) is 19.1 Å². The Balaban J connectivity index is 1.66. The zero-order valence-corrected chi connectivity index (χ0v) is 16.9. The Morgan fingerprint density at radius 1 is 1.36 bits per heavy atom. The second-order valence-electron chi connectivity index (χ2n) is 6.79. The van der Waals surface area contributed by atoms with Gasteiger partial charge in [-0.05, 0) is 37.2 Å². The minimum Gasteiger partial charge on any atom is -0.492 e. The number of aromatic nitrogens is 1. The second-order valence-corrected chi connectivity index (χ2v) is 7.79. The van der Waals surface area contributed by atoms with Crippen LogP contribution in [-0.2, 0) is 13.0 Å². The van der Waals surface area contributed by atoms with Crippen molar-refractivity contribution in [3.8, 4) is 5.75 Å². The summed E-state index contributed by atoms with van der Waals surface area (Å²) in [6.45, 7) is 7.53. The highest BCUT2D eigenvalue weighted by atomic mass is 32.1. The van der Waals surface area contributed by atoms with Crippen LogP contribution < -0.4 is 15.8 Å². The normalized spacial score (nSPS) is 14.1. The number of hydrogen-bond acceptors (Lipinski definition) is 6. The van der Waals surface area contributed by atoms with Crippen molar-refractivity contribution >= 4 is 38.8 Å². The number of thiophene rings is 1. The third kappa shape index (κ3) is 3.43. The number of amides is 1. The minimum absolute atomic E-state index is 0.235. The van der Waals surface area contributed by atoms with Gasteiger partial charge in [-0.25, -0.2) is 4.98 Å². The highest BCUT2D eigenvalue weighted by Gasteiger charge is 2.22. The fraction of sp³-hybridized carbons (Fsp3) is 0.333. The van der Waals surface area contributed by atoms with E-state index in [-0.39, 0.29) is 5.91 Å². The van der Waals surface area contributed by atoms with Crippen LogP contribution >= 0.6 is 11.3 Å². The van der Waals surface area contributed by atoms with Gasteiger partial charge in [-0.3, -0.25) is 9.69 Å². The maximum absolute atomic E-state index is 12.9. The summed E-state index contributed by atoms with van der Waals surface area (Å²) in [5.74, 6) is 0.409. The lowest BCUT2D eigenvalue weighted by atomic mass is 10.0. The molecule has 0 fully saturated rings. The molecule has 146 valence electrons. The third-order valence-corrected chi connectivity index (χ3v) is 6.15. The maximum atomic E-state index is 12.9. The number of hydrogen-bond donors (Lipinski definition) is 2. The van der Waals surface area contributed by atoms with Gasteiger partial charge in [0.2, 0.25) is 0 Å². The molecule has 1 amide bonds. The molecule has 0 saturated carbocycles. The molecule has 1 aliphatic heterocycles. The zero-order valence-electron chi connectivity index (χ0n) is 16.1. The first-order valence-electron chi connectivity index (χ1n) is 9.57. The molecule has 2 aromatic heterocycles. The topological polar surface area (TPSA) is 80.5 Å². The second kappa shape index (κ2) is 7.77. The molecule has 0 atom stereocenters. The number of nitrogen functional groups attached to an aromatic ring is 1. The van der Waals surface area contributed by atoms with Crippen LogP contribution in [0.15, 0.2) is 30.3 Å². The van der Waals surface area contributed by atoms with Crippen LogP contribution in [0.2, 0.25) is 0 Å². The van der Waals surface area contributed by atoms with E-state index in [0.717, 1.165) is 42.0 Å². The predicted molar refractivity (Wildman–Crippen MR) is 114 cm³/mol. The summed E-state index contributed by atoms with van der Waals surface area (Å²) in [5, 5.41) is 3.80. The predicted octanol–water partition coefficient (Wildman–Crippen LogP) is 3.91. The zero-order chi connectivity index (χ0) is 19.7. The number of carbonyl (C=O) groups is 1. The van der Waals surface area contributed by atoms with Gasteiger partial charge in [-0.15, -0.1) is 11.3 Å². The molecule has 28 heavy (non-hydrogen) atoms. The van der Waals surface area contributed by atoms with E-state index < -0.39 is 0 Å². The Labute approximate surface area is 168 Å². The van der Waals surface area contributed by atoms with Crippen LogP contribution in [0.1, 0.15) is 34.8 Å². The first-order valence-corrected chi connectivity index (χ1v) is 10.4. The number of anilines is 2. The summed E-state index contributed by atoms with van der Waals surface area (Å²) in [5.41, 5.74) is 9.81. The van der Waals surface area contributed by atoms with Gasteiger partial charge in [0.15, 0.2) is 0 Å². The van der Waals surface area contributed by atoms with Gasteiger partial charge >= 0.3 is 0 Å². The van der Waals surface area contributed by atoms with Crippen molar-refractivity contribution < 1.29 is 9.53 Å². The highest BCUT2D eigenvalue weighted by Crippen LogP contribution is 2.36. The molecule has 0 radical (unpaired) electrons. The van der Waals surface area contributed by atoms with Gasteiger partial charge in [0.25, 0.3) is 5.91 Å². The van der Waals surface area contributed by atoms with Crippen molar-refractivity contribution in [3.05, 3.63) is 46.5 Å². The van der Waals surface area contributed by atoms with Crippen molar-refractivity contribution in [2.75, 3.05) is 30.7 Å². The summed E-state index contributed by atoms with van der Waals surface area (Å²) < 4.78 is 5.59. The number of nitrogens with zero attached hydrogens (tertiary/aromatic N) is 2. The summed E-state index contributed by atoms with van der Waals surface area (Å²) >= 11 is 1.35. The SMILES string of the molecule is CCOc1ccccc1NC(=O)c1sc2nc3c(cc2c1N)CN(CC)CC3. The average molecular weight is 397 g/mol. The van der Waals surface area contributed by atoms with Crippen LogP contribution in [-0.4, -0.2) is 35.5 Å². The summed E-state index contributed by atoms with van der Waals surface area (Å²) in [4.78, 5) is 21.4. The number of nitrogens with two attached hydrogens (primary N) is 1. The van der Waals surface area contributed by atoms with E-state index in [1.807, 2.05) is 31.2 Å². The fourth-order valence-electron chi connectivity index (χ4n) is 3.52. The van der Waals surface area contributed by atoms with Crippen molar-refractivity contribution in [2.24, 2.45) is 0 Å². The van der Waals surface area contributed by atoms with Crippen LogP contribution in [0.25, 0.3) is 10.2 Å². The number of likely N-dealkylation sites (N-methyl/N-ethyl adjacent to an activating group) is 1. The number of fused-ring (bicyclic) bond motifs is 2. The van der Waals surface area contributed by atoms with E-state index >= 15 is 0 Å². The molecule has 3 heterocycles. The monoisotopic (exact) mass is 396 g/mol. The smallest absolute Gasteiger partial charge is 0.268 e. The van der Waals surface area contributed by atoms with E-state index in [2.05, 4.69) is 23.2 Å². The molecule has 0 aliphatic carbocycles. The van der Waals surface area contributed by atoms with E-state index in [9.17, 15) is 4.79 Å². The number of pyridine rings is 1. The molecular weight excluding hydrogens is 372 g/mol. The lowest BCUT2D eigenvalue weighted by molar-refractivity contribution is 0.103. The van der Waals surface area contributed by atoms with Crippen molar-refractivity contribution in [1.29, 1.82) is 0 Å². The Morgan fingerprint density at radius 2 is 2.18 bits per heavy atom. The molecule has 1 aromatic carbocycles. The number of para-hydroxylation sites is 2. The van der Waals surface area contributed by atoms with Gasteiger partial charge in [0, 0.05) is 30.6 Å². The summed E-state index contributed by atoms with van der Waals surface area (Å²) in [6.07, 6.45) is 0.931. The number of carbonyl (C=O) groups excluding carboxylic acids is 1. The Morgan fingerprint density at radius 3 is 2.96 bits per heavy atom. The number of nitrogens with one attached hydrogen (secondary N) is 1. The quantitative estimate of drug-likeness (QED) is 0.683. The molecule has 3 N–H and O–H groups in total. The van der Waals surface area contributed by atoms with E-state index in [0.29, 0.717) is 28.6 Å². The van der Waals surface area contributed by atoms with Gasteiger partial charge < -0.3 is 15.8 Å². The molecule has 3 aromatic rings. The number of benzene rings is 1. The molecule has 0 unspecified atom stereocenters. The molecule has 0 bridgehead atoms. The third-order valence-electron chi connectivity index (χ3n) is 5.04. The number of ether oxygens (including phenoxy) is 1. The van der Waals surface area contributed by atoms with Crippen LogP contribution in [0.4, 0.5) is 11.4 Å². The van der Waals surface area contributed by atoms with Crippen LogP contribution in [0, 0.1) is 0 Å². The van der Waals surface area contributed by atoms with E-state index in [4.69, 9.17) is 15.5 Å². The largest absolute Gasteiger partial charge is 0.492 e. The Kier molecular flexibility index (Phi) is 5.19. The summed E-state index contributed by atoms with van der Waals surface area (Å²) in [7, 11) is 0. The van der Waals surface area contributed by atoms with E-state index in [1.54, 1.807) is 0 Å². The molecular formula is C21H24N4O2S. The summed E-state index contributed by atoms with van der Waals surface area (Å²) in [6, 6.07) is 9.51. The van der Waals surface area contributed by atoms with Gasteiger partial charge in [-0.2, -0.15) is 0 Å². The minimum atomic E-state index is -0.235. The molecule has 7 heteroatoms. The lowest BCUT2D eigenvalue weighted by Gasteiger charge is -2.26. The molecule has 6 nitrogen and oxygen atoms in total. The Hall–Kier alpha value is -2.64. The molecule has 0 saturated heterocycles. The van der Waals surface area contributed by atoms with Gasteiger partial charge in [0.1, 0.15) is 15.5 Å². The molecule has 0 spiro atoms. The highest BCUT2D eigenvalue weighted by molar-refractivity contribution is 7.21. The first-order chi connectivity index (χ1) is 13.6. The standard InChI is InChI=1S/C21H24N4O2S/c1-3-25-10-9-15-13(12-25)11-14-18(22)19(28-21(14)24-15)20(26)23-16-7-5-6-8-17(16)27-4-2/h5-8,11H,3-4,9-10,12,22H2,1-2H3,(H,23,26).